The molecule has 1 saturated carbocycles. The van der Waals surface area contributed by atoms with Gasteiger partial charge >= 0.3 is 0 Å². The maximum Gasteiger partial charge on any atom is 0.257 e. The summed E-state index contributed by atoms with van der Waals surface area (Å²) in [4.78, 5) is 14.1. The van der Waals surface area contributed by atoms with E-state index in [-0.39, 0.29) is 18.3 Å². The van der Waals surface area contributed by atoms with Crippen molar-refractivity contribution in [1.82, 2.24) is 20.0 Å². The zero-order valence-electron chi connectivity index (χ0n) is 10.7. The number of rotatable bonds is 2. The van der Waals surface area contributed by atoms with Gasteiger partial charge in [0.05, 0.1) is 24.0 Å². The van der Waals surface area contributed by atoms with E-state index < -0.39 is 0 Å². The lowest BCUT2D eigenvalue weighted by Crippen LogP contribution is -2.38. The largest absolute Gasteiger partial charge is 0.339 e. The first-order valence-electron chi connectivity index (χ1n) is 6.22. The first kappa shape index (κ1) is 13.4. The highest BCUT2D eigenvalue weighted by Gasteiger charge is 2.32. The summed E-state index contributed by atoms with van der Waals surface area (Å²) in [5.41, 5.74) is 1.79. The fraction of sp³-hybridized carbons (Fsp3) is 0.667. The van der Waals surface area contributed by atoms with E-state index in [1.54, 1.807) is 6.20 Å². The van der Waals surface area contributed by atoms with E-state index in [1.165, 1.54) is 0 Å². The van der Waals surface area contributed by atoms with Crippen molar-refractivity contribution in [1.29, 1.82) is 0 Å². The number of amides is 1. The van der Waals surface area contributed by atoms with E-state index in [9.17, 15) is 4.79 Å². The molecular formula is C12H19ClN4O. The molecule has 0 saturated heterocycles. The third-order valence-electron chi connectivity index (χ3n) is 3.66. The number of aromatic nitrogens is 2. The zero-order valence-corrected chi connectivity index (χ0v) is 11.5. The summed E-state index contributed by atoms with van der Waals surface area (Å²) in [5.74, 6) is 0.116. The zero-order chi connectivity index (χ0) is 12.0. The third-order valence-corrected chi connectivity index (χ3v) is 3.66. The van der Waals surface area contributed by atoms with Crippen LogP contribution in [0.5, 0.6) is 0 Å². The summed E-state index contributed by atoms with van der Waals surface area (Å²) in [6.45, 7) is 3.71. The molecule has 1 fully saturated rings. The first-order valence-corrected chi connectivity index (χ1v) is 6.22. The summed E-state index contributed by atoms with van der Waals surface area (Å²) < 4.78 is 1.95. The number of hydrogen-bond acceptors (Lipinski definition) is 3. The number of carbonyl (C=O) groups is 1. The molecule has 0 spiro atoms. The van der Waals surface area contributed by atoms with Crippen LogP contribution in [0.2, 0.25) is 0 Å². The summed E-state index contributed by atoms with van der Waals surface area (Å²) >= 11 is 0. The van der Waals surface area contributed by atoms with Gasteiger partial charge in [-0.3, -0.25) is 9.48 Å². The van der Waals surface area contributed by atoms with E-state index in [4.69, 9.17) is 0 Å². The van der Waals surface area contributed by atoms with Crippen LogP contribution < -0.4 is 5.32 Å². The minimum atomic E-state index is 0. The fourth-order valence-electron chi connectivity index (χ4n) is 2.35. The van der Waals surface area contributed by atoms with Crippen LogP contribution in [0, 0.1) is 0 Å². The maximum absolute atomic E-state index is 12.3. The molecule has 1 aliphatic heterocycles. The lowest BCUT2D eigenvalue weighted by Gasteiger charge is -2.23. The molecule has 0 radical (unpaired) electrons. The predicted molar refractivity (Wildman–Crippen MR) is 70.9 cm³/mol. The Kier molecular flexibility index (Phi) is 3.64. The molecule has 5 nitrogen and oxygen atoms in total. The second-order valence-electron chi connectivity index (χ2n) is 5.12. The molecule has 1 aromatic heterocycles. The van der Waals surface area contributed by atoms with Gasteiger partial charge in [-0.15, -0.1) is 12.4 Å². The van der Waals surface area contributed by atoms with Crippen molar-refractivity contribution < 1.29 is 4.79 Å². The highest BCUT2D eigenvalue weighted by molar-refractivity contribution is 5.95. The molecule has 1 unspecified atom stereocenters. The lowest BCUT2D eigenvalue weighted by molar-refractivity contribution is 0.0783. The molecule has 100 valence electrons. The molecule has 0 aromatic carbocycles. The Morgan fingerprint density at radius 3 is 2.94 bits per heavy atom. The summed E-state index contributed by atoms with van der Waals surface area (Å²) in [7, 11) is 1.89. The highest BCUT2D eigenvalue weighted by atomic mass is 35.5. The molecule has 18 heavy (non-hydrogen) atoms. The molecule has 1 aromatic rings. The molecule has 1 atom stereocenters. The Morgan fingerprint density at radius 2 is 2.28 bits per heavy atom. The maximum atomic E-state index is 12.3. The molecule has 0 bridgehead atoms. The number of nitrogens with one attached hydrogen (secondary N) is 1. The molecule has 6 heteroatoms. The summed E-state index contributed by atoms with van der Waals surface area (Å²) in [5, 5.41) is 7.69. The van der Waals surface area contributed by atoms with E-state index >= 15 is 0 Å². The van der Waals surface area contributed by atoms with Gasteiger partial charge in [-0.1, -0.05) is 0 Å². The number of hydrogen-bond donors (Lipinski definition) is 1. The van der Waals surface area contributed by atoms with E-state index in [1.807, 2.05) is 16.6 Å². The highest BCUT2D eigenvalue weighted by Crippen LogP contribution is 2.27. The van der Waals surface area contributed by atoms with Gasteiger partial charge in [0.1, 0.15) is 0 Å². The minimum absolute atomic E-state index is 0. The van der Waals surface area contributed by atoms with Gasteiger partial charge < -0.3 is 10.2 Å². The van der Waals surface area contributed by atoms with Gasteiger partial charge in [-0.25, -0.2) is 0 Å². The van der Waals surface area contributed by atoms with Crippen molar-refractivity contribution in [3.05, 3.63) is 17.5 Å². The van der Waals surface area contributed by atoms with Crippen LogP contribution in [0.25, 0.3) is 0 Å². The molecule has 2 heterocycles. The molecule has 3 rings (SSSR count). The Bertz CT molecular complexity index is 455. The van der Waals surface area contributed by atoms with Gasteiger partial charge in [-0.2, -0.15) is 5.10 Å². The Hall–Kier alpha value is -1.07. The average Bonchev–Trinajstić information content (AvgIpc) is 3.08. The smallest absolute Gasteiger partial charge is 0.257 e. The molecule has 2 aliphatic rings. The quantitative estimate of drug-likeness (QED) is 0.873. The van der Waals surface area contributed by atoms with Gasteiger partial charge in [0, 0.05) is 25.7 Å². The van der Waals surface area contributed by atoms with Crippen molar-refractivity contribution in [3.63, 3.8) is 0 Å². The number of carbonyl (C=O) groups excluding carboxylic acids is 1. The average molecular weight is 271 g/mol. The van der Waals surface area contributed by atoms with Crippen LogP contribution in [-0.4, -0.2) is 39.7 Å². The normalized spacial score (nSPS) is 22.0. The molecule has 1 aliphatic carbocycles. The van der Waals surface area contributed by atoms with Crippen molar-refractivity contribution >= 4 is 18.3 Å². The van der Waals surface area contributed by atoms with Crippen molar-refractivity contribution in [2.45, 2.75) is 44.9 Å². The monoisotopic (exact) mass is 270 g/mol. The second kappa shape index (κ2) is 4.90. The van der Waals surface area contributed by atoms with Crippen LogP contribution in [0.4, 0.5) is 0 Å². The standard InChI is InChI=1S/C12H18N4O.ClH/c1-8-7-16-11(6-13-8)10(5-14-16)12(17)15(2)9-3-4-9;/h5,8-9,13H,3-4,6-7H2,1-2H3;1H. The fourth-order valence-corrected chi connectivity index (χ4v) is 2.35. The minimum Gasteiger partial charge on any atom is -0.339 e. The van der Waals surface area contributed by atoms with Gasteiger partial charge in [-0.05, 0) is 19.8 Å². The van der Waals surface area contributed by atoms with E-state index in [2.05, 4.69) is 17.3 Å². The van der Waals surface area contributed by atoms with Crippen LogP contribution in [-0.2, 0) is 13.1 Å². The lowest BCUT2D eigenvalue weighted by atomic mass is 10.1. The van der Waals surface area contributed by atoms with Crippen molar-refractivity contribution in [3.8, 4) is 0 Å². The van der Waals surface area contributed by atoms with Crippen LogP contribution in [0.3, 0.4) is 0 Å². The number of halogens is 1. The number of nitrogens with zero attached hydrogens (tertiary/aromatic N) is 3. The van der Waals surface area contributed by atoms with Crippen molar-refractivity contribution in [2.75, 3.05) is 7.05 Å². The third kappa shape index (κ3) is 2.24. The molecule has 1 N–H and O–H groups in total. The van der Waals surface area contributed by atoms with Gasteiger partial charge in [0.2, 0.25) is 0 Å². The Morgan fingerprint density at radius 1 is 1.56 bits per heavy atom. The summed E-state index contributed by atoms with van der Waals surface area (Å²) in [6.07, 6.45) is 4.00. The van der Waals surface area contributed by atoms with E-state index in [0.29, 0.717) is 12.1 Å². The van der Waals surface area contributed by atoms with Crippen molar-refractivity contribution in [2.24, 2.45) is 0 Å². The van der Waals surface area contributed by atoms with Crippen LogP contribution >= 0.6 is 12.4 Å². The van der Waals surface area contributed by atoms with Gasteiger partial charge in [0.25, 0.3) is 5.91 Å². The Balaban J connectivity index is 0.00000120. The van der Waals surface area contributed by atoms with Gasteiger partial charge in [0.15, 0.2) is 0 Å². The second-order valence-corrected chi connectivity index (χ2v) is 5.12. The molecular weight excluding hydrogens is 252 g/mol. The number of fused-ring (bicyclic) bond motifs is 1. The van der Waals surface area contributed by atoms with Crippen LogP contribution in [0.15, 0.2) is 6.20 Å². The summed E-state index contributed by atoms with van der Waals surface area (Å²) in [6, 6.07) is 0.875. The Labute approximate surface area is 113 Å². The SMILES string of the molecule is CC1Cn2ncc(C(=O)N(C)C3CC3)c2CN1.Cl. The topological polar surface area (TPSA) is 50.2 Å². The van der Waals surface area contributed by atoms with Crippen LogP contribution in [0.1, 0.15) is 35.8 Å². The first-order chi connectivity index (χ1) is 8.16. The predicted octanol–water partition coefficient (Wildman–Crippen LogP) is 1.03. The van der Waals surface area contributed by atoms with E-state index in [0.717, 1.165) is 37.2 Å². The molecule has 1 amide bonds.